The lowest BCUT2D eigenvalue weighted by molar-refractivity contribution is 0.104. The molecule has 0 bridgehead atoms. The van der Waals surface area contributed by atoms with Gasteiger partial charge in [-0.1, -0.05) is 12.1 Å². The summed E-state index contributed by atoms with van der Waals surface area (Å²) in [5, 5.41) is 4.10. The Hall–Kier alpha value is -3.69. The van der Waals surface area contributed by atoms with Gasteiger partial charge in [0.2, 0.25) is 29.1 Å². The number of aromatic nitrogens is 2. The van der Waals surface area contributed by atoms with E-state index >= 15 is 0 Å². The second kappa shape index (κ2) is 9.21. The van der Waals surface area contributed by atoms with Crippen molar-refractivity contribution in [3.8, 4) is 11.5 Å². The number of hydrogen-bond acceptors (Lipinski definition) is 4. The van der Waals surface area contributed by atoms with Crippen LogP contribution in [0.2, 0.25) is 0 Å². The largest absolute Gasteiger partial charge is 0.496 e. The van der Waals surface area contributed by atoms with E-state index in [1.165, 1.54) is 36.1 Å². The molecule has 0 atom stereocenters. The van der Waals surface area contributed by atoms with Crippen LogP contribution in [-0.4, -0.2) is 22.7 Å². The van der Waals surface area contributed by atoms with E-state index in [9.17, 15) is 26.7 Å². The van der Waals surface area contributed by atoms with Gasteiger partial charge in [0.1, 0.15) is 12.4 Å². The molecule has 10 heteroatoms. The van der Waals surface area contributed by atoms with E-state index in [1.54, 1.807) is 26.2 Å². The highest BCUT2D eigenvalue weighted by Gasteiger charge is 2.27. The molecule has 0 fully saturated rings. The van der Waals surface area contributed by atoms with Crippen LogP contribution < -0.4 is 9.47 Å². The summed E-state index contributed by atoms with van der Waals surface area (Å²) in [6.07, 6.45) is 4.40. The summed E-state index contributed by atoms with van der Waals surface area (Å²) < 4.78 is 79.2. The molecule has 0 saturated carbocycles. The zero-order valence-electron chi connectivity index (χ0n) is 17.2. The molecule has 5 nitrogen and oxygen atoms in total. The maximum atomic E-state index is 13.8. The van der Waals surface area contributed by atoms with Gasteiger partial charge in [-0.25, -0.2) is 13.2 Å². The van der Waals surface area contributed by atoms with Gasteiger partial charge in [-0.15, -0.1) is 0 Å². The Bertz CT molecular complexity index is 1190. The maximum absolute atomic E-state index is 13.8. The van der Waals surface area contributed by atoms with Crippen molar-refractivity contribution in [1.82, 2.24) is 9.78 Å². The van der Waals surface area contributed by atoms with Crippen LogP contribution in [0.1, 0.15) is 27.2 Å². The molecule has 32 heavy (non-hydrogen) atoms. The molecule has 2 aromatic carbocycles. The molecule has 0 spiro atoms. The van der Waals surface area contributed by atoms with Crippen molar-refractivity contribution in [1.29, 1.82) is 0 Å². The number of aryl methyl sites for hydroxylation is 2. The predicted molar refractivity (Wildman–Crippen MR) is 105 cm³/mol. The number of benzene rings is 2. The number of carbonyl (C=O) groups excluding carboxylic acids is 1. The first kappa shape index (κ1) is 23.0. The van der Waals surface area contributed by atoms with Gasteiger partial charge in [0, 0.05) is 18.8 Å². The van der Waals surface area contributed by atoms with Crippen molar-refractivity contribution in [3.63, 3.8) is 0 Å². The number of nitrogens with zero attached hydrogens (tertiary/aromatic N) is 2. The van der Waals surface area contributed by atoms with Gasteiger partial charge in [0.15, 0.2) is 11.5 Å². The average molecular weight is 452 g/mol. The fourth-order valence-corrected chi connectivity index (χ4v) is 2.98. The lowest BCUT2D eigenvalue weighted by Gasteiger charge is -2.13. The molecule has 0 saturated heterocycles. The van der Waals surface area contributed by atoms with E-state index in [0.29, 0.717) is 16.8 Å². The third-order valence-electron chi connectivity index (χ3n) is 4.55. The van der Waals surface area contributed by atoms with Gasteiger partial charge >= 0.3 is 0 Å². The molecule has 0 N–H and O–H groups in total. The van der Waals surface area contributed by atoms with Crippen molar-refractivity contribution in [2.45, 2.75) is 13.5 Å². The van der Waals surface area contributed by atoms with Gasteiger partial charge in [-0.2, -0.15) is 13.9 Å². The topological polar surface area (TPSA) is 53.4 Å². The second-order valence-electron chi connectivity index (χ2n) is 6.76. The molecule has 0 aliphatic carbocycles. The highest BCUT2D eigenvalue weighted by molar-refractivity contribution is 6.07. The molecule has 168 valence electrons. The molecular formula is C22H17F5N2O3. The summed E-state index contributed by atoms with van der Waals surface area (Å²) in [6, 6.07) is 4.61. The second-order valence-corrected chi connectivity index (χ2v) is 6.76. The molecule has 1 heterocycles. The number of ether oxygens (including phenoxy) is 2. The third kappa shape index (κ3) is 4.48. The van der Waals surface area contributed by atoms with E-state index in [0.717, 1.165) is 0 Å². The average Bonchev–Trinajstić information content (AvgIpc) is 3.12. The van der Waals surface area contributed by atoms with Crippen molar-refractivity contribution in [3.05, 3.63) is 81.9 Å². The number of allylic oxidation sites excluding steroid dienone is 1. The zero-order valence-corrected chi connectivity index (χ0v) is 17.2. The Morgan fingerprint density at radius 3 is 2.25 bits per heavy atom. The molecule has 0 aliphatic rings. The fourth-order valence-electron chi connectivity index (χ4n) is 2.98. The molecule has 3 rings (SSSR count). The quantitative estimate of drug-likeness (QED) is 0.168. The molecule has 3 aromatic rings. The lowest BCUT2D eigenvalue weighted by Crippen LogP contribution is -2.07. The first-order valence-corrected chi connectivity index (χ1v) is 9.17. The monoisotopic (exact) mass is 452 g/mol. The Kier molecular flexibility index (Phi) is 6.61. The summed E-state index contributed by atoms with van der Waals surface area (Å²) in [5.41, 5.74) is 1.75. The zero-order chi connectivity index (χ0) is 23.6. The highest BCUT2D eigenvalue weighted by Crippen LogP contribution is 2.31. The third-order valence-corrected chi connectivity index (χ3v) is 4.55. The van der Waals surface area contributed by atoms with E-state index in [-0.39, 0.29) is 17.1 Å². The molecule has 0 aliphatic heterocycles. The van der Waals surface area contributed by atoms with Crippen LogP contribution in [0.4, 0.5) is 22.0 Å². The molecule has 0 amide bonds. The van der Waals surface area contributed by atoms with Crippen LogP contribution >= 0.6 is 0 Å². The Balaban J connectivity index is 1.85. The predicted octanol–water partition coefficient (Wildman–Crippen LogP) is 4.91. The fraction of sp³-hybridized carbons (Fsp3) is 0.182. The minimum absolute atomic E-state index is 0.250. The minimum Gasteiger partial charge on any atom is -0.496 e. The summed E-state index contributed by atoms with van der Waals surface area (Å²) in [5.74, 6) is -12.1. The van der Waals surface area contributed by atoms with Crippen LogP contribution in [0.5, 0.6) is 11.5 Å². The van der Waals surface area contributed by atoms with Crippen molar-refractivity contribution >= 4 is 11.9 Å². The van der Waals surface area contributed by atoms with E-state index in [4.69, 9.17) is 9.47 Å². The van der Waals surface area contributed by atoms with Crippen LogP contribution in [0.15, 0.2) is 30.5 Å². The first-order valence-electron chi connectivity index (χ1n) is 9.17. The molecule has 1 aromatic heterocycles. The number of methoxy groups -OCH3 is 1. The van der Waals surface area contributed by atoms with Crippen LogP contribution in [0.3, 0.4) is 0 Å². The minimum atomic E-state index is -2.27. The Morgan fingerprint density at radius 2 is 1.69 bits per heavy atom. The number of carbonyl (C=O) groups is 1. The molecule has 0 radical (unpaired) electrons. The number of rotatable bonds is 7. The Labute approximate surface area is 179 Å². The van der Waals surface area contributed by atoms with Gasteiger partial charge < -0.3 is 9.47 Å². The van der Waals surface area contributed by atoms with Crippen LogP contribution in [0, 0.1) is 36.0 Å². The number of ketones is 1. The summed E-state index contributed by atoms with van der Waals surface area (Å²) in [4.78, 5) is 12.4. The van der Waals surface area contributed by atoms with Crippen molar-refractivity contribution < 1.29 is 36.2 Å². The van der Waals surface area contributed by atoms with Gasteiger partial charge in [0.25, 0.3) is 0 Å². The van der Waals surface area contributed by atoms with Crippen LogP contribution in [-0.2, 0) is 13.7 Å². The lowest BCUT2D eigenvalue weighted by atomic mass is 10.1. The molecule has 0 unspecified atom stereocenters. The van der Waals surface area contributed by atoms with Crippen molar-refractivity contribution in [2.24, 2.45) is 7.05 Å². The highest BCUT2D eigenvalue weighted by atomic mass is 19.2. The van der Waals surface area contributed by atoms with Crippen LogP contribution in [0.25, 0.3) is 6.08 Å². The smallest absolute Gasteiger partial charge is 0.207 e. The number of halogens is 5. The summed E-state index contributed by atoms with van der Waals surface area (Å²) in [6.45, 7) is 1.14. The van der Waals surface area contributed by atoms with Crippen molar-refractivity contribution in [2.75, 3.05) is 7.11 Å². The SMILES string of the molecule is COc1ccc(/C=C/C(=O)c2cn(C)nc2C)cc1COc1c(F)c(F)c(F)c(F)c1F. The Morgan fingerprint density at radius 1 is 1.06 bits per heavy atom. The summed E-state index contributed by atoms with van der Waals surface area (Å²) >= 11 is 0. The van der Waals surface area contributed by atoms with Gasteiger partial charge in [-0.3, -0.25) is 9.48 Å². The first-order chi connectivity index (χ1) is 15.1. The standard InChI is InChI=1S/C22H17F5N2O3/c1-11-14(9-29(2)28-11)15(30)6-4-12-5-7-16(31-3)13(8-12)10-32-22-20(26)18(24)17(23)19(25)21(22)27/h4-9H,10H2,1-3H3/b6-4+. The maximum Gasteiger partial charge on any atom is 0.207 e. The van der Waals surface area contributed by atoms with Gasteiger partial charge in [0.05, 0.1) is 18.4 Å². The van der Waals surface area contributed by atoms with E-state index in [2.05, 4.69) is 5.10 Å². The van der Waals surface area contributed by atoms with Gasteiger partial charge in [-0.05, 0) is 30.7 Å². The van der Waals surface area contributed by atoms with E-state index < -0.39 is 41.4 Å². The normalized spacial score (nSPS) is 11.2. The molecular weight excluding hydrogens is 435 g/mol. The number of hydrogen-bond donors (Lipinski definition) is 0. The summed E-state index contributed by atoms with van der Waals surface area (Å²) in [7, 11) is 3.02. The van der Waals surface area contributed by atoms with E-state index in [1.807, 2.05) is 0 Å².